The summed E-state index contributed by atoms with van der Waals surface area (Å²) in [6.45, 7) is 4.29. The van der Waals surface area contributed by atoms with Crippen LogP contribution in [0.2, 0.25) is 5.02 Å². The zero-order chi connectivity index (χ0) is 20.9. The molecule has 1 aliphatic heterocycles. The molecule has 0 bridgehead atoms. The van der Waals surface area contributed by atoms with E-state index >= 15 is 0 Å². The third-order valence-electron chi connectivity index (χ3n) is 5.13. The first kappa shape index (κ1) is 20.4. The van der Waals surface area contributed by atoms with Gasteiger partial charge in [-0.15, -0.1) is 0 Å². The molecule has 6 nitrogen and oxygen atoms in total. The summed E-state index contributed by atoms with van der Waals surface area (Å²) in [5, 5.41) is 10.0. The highest BCUT2D eigenvalue weighted by Gasteiger charge is 2.12. The SMILES string of the molecule is CNc1cnc(-c2ccc(N3CCNCC3)cc2)nc1NCc1ccc(Cl)cc1F. The van der Waals surface area contributed by atoms with Crippen molar-refractivity contribution in [2.24, 2.45) is 0 Å². The minimum absolute atomic E-state index is 0.288. The first-order valence-corrected chi connectivity index (χ1v) is 10.3. The van der Waals surface area contributed by atoms with Gasteiger partial charge in [0.25, 0.3) is 0 Å². The number of halogens is 2. The summed E-state index contributed by atoms with van der Waals surface area (Å²) in [6, 6.07) is 12.9. The number of piperazine rings is 1. The normalized spacial score (nSPS) is 13.9. The molecule has 2 heterocycles. The van der Waals surface area contributed by atoms with Crippen LogP contribution in [0.25, 0.3) is 11.4 Å². The van der Waals surface area contributed by atoms with Crippen molar-refractivity contribution in [1.82, 2.24) is 15.3 Å². The second-order valence-corrected chi connectivity index (χ2v) is 7.52. The summed E-state index contributed by atoms with van der Waals surface area (Å²) in [4.78, 5) is 11.5. The first-order valence-electron chi connectivity index (χ1n) is 9.93. The molecule has 1 saturated heterocycles. The average molecular weight is 427 g/mol. The molecular weight excluding hydrogens is 403 g/mol. The van der Waals surface area contributed by atoms with Crippen LogP contribution >= 0.6 is 11.6 Å². The monoisotopic (exact) mass is 426 g/mol. The Balaban J connectivity index is 1.53. The Morgan fingerprint density at radius 2 is 1.90 bits per heavy atom. The lowest BCUT2D eigenvalue weighted by Crippen LogP contribution is -2.43. The summed E-state index contributed by atoms with van der Waals surface area (Å²) in [6.07, 6.45) is 1.73. The highest BCUT2D eigenvalue weighted by Crippen LogP contribution is 2.26. The average Bonchev–Trinajstić information content (AvgIpc) is 2.79. The quantitative estimate of drug-likeness (QED) is 0.553. The summed E-state index contributed by atoms with van der Waals surface area (Å²) in [7, 11) is 1.80. The Morgan fingerprint density at radius 3 is 2.60 bits per heavy atom. The van der Waals surface area contributed by atoms with Gasteiger partial charge in [0.15, 0.2) is 11.6 Å². The zero-order valence-electron chi connectivity index (χ0n) is 16.8. The van der Waals surface area contributed by atoms with Crippen molar-refractivity contribution in [2.75, 3.05) is 48.8 Å². The van der Waals surface area contributed by atoms with Crippen LogP contribution in [0.3, 0.4) is 0 Å². The van der Waals surface area contributed by atoms with E-state index < -0.39 is 0 Å². The molecule has 0 aliphatic carbocycles. The van der Waals surface area contributed by atoms with Crippen LogP contribution in [0.15, 0.2) is 48.7 Å². The highest BCUT2D eigenvalue weighted by atomic mass is 35.5. The van der Waals surface area contributed by atoms with E-state index in [0.29, 0.717) is 22.2 Å². The highest BCUT2D eigenvalue weighted by molar-refractivity contribution is 6.30. The molecule has 0 radical (unpaired) electrons. The van der Waals surface area contributed by atoms with Crippen molar-refractivity contribution in [1.29, 1.82) is 0 Å². The van der Waals surface area contributed by atoms with Gasteiger partial charge in [0, 0.05) is 61.6 Å². The lowest BCUT2D eigenvalue weighted by Gasteiger charge is -2.29. The van der Waals surface area contributed by atoms with Gasteiger partial charge in [0.2, 0.25) is 0 Å². The molecule has 0 atom stereocenters. The predicted molar refractivity (Wildman–Crippen MR) is 121 cm³/mol. The molecule has 1 aliphatic rings. The van der Waals surface area contributed by atoms with Crippen molar-refractivity contribution in [3.05, 3.63) is 65.1 Å². The van der Waals surface area contributed by atoms with Gasteiger partial charge in [-0.25, -0.2) is 14.4 Å². The summed E-state index contributed by atoms with van der Waals surface area (Å²) in [5.41, 5.74) is 3.38. The second-order valence-electron chi connectivity index (χ2n) is 7.08. The molecule has 30 heavy (non-hydrogen) atoms. The van der Waals surface area contributed by atoms with Crippen LogP contribution in [-0.4, -0.2) is 43.2 Å². The molecule has 1 aromatic heterocycles. The Hall–Kier alpha value is -2.90. The van der Waals surface area contributed by atoms with Crippen LogP contribution in [0, 0.1) is 5.82 Å². The molecule has 8 heteroatoms. The fourth-order valence-electron chi connectivity index (χ4n) is 3.43. The van der Waals surface area contributed by atoms with Gasteiger partial charge >= 0.3 is 0 Å². The van der Waals surface area contributed by atoms with Gasteiger partial charge in [-0.3, -0.25) is 0 Å². The third kappa shape index (κ3) is 4.63. The van der Waals surface area contributed by atoms with E-state index in [-0.39, 0.29) is 12.4 Å². The number of benzene rings is 2. The van der Waals surface area contributed by atoms with Crippen LogP contribution in [0.4, 0.5) is 21.6 Å². The van der Waals surface area contributed by atoms with E-state index in [1.54, 1.807) is 25.4 Å². The van der Waals surface area contributed by atoms with Crippen LogP contribution < -0.4 is 20.9 Å². The number of anilines is 3. The molecule has 0 unspecified atom stereocenters. The van der Waals surface area contributed by atoms with Crippen molar-refractivity contribution < 1.29 is 4.39 Å². The van der Waals surface area contributed by atoms with E-state index in [2.05, 4.69) is 43.0 Å². The Labute approximate surface area is 180 Å². The predicted octanol–water partition coefficient (Wildman–Crippen LogP) is 4.00. The minimum Gasteiger partial charge on any atom is -0.384 e. The second kappa shape index (κ2) is 9.28. The van der Waals surface area contributed by atoms with Crippen LogP contribution in [0.5, 0.6) is 0 Å². The lowest BCUT2D eigenvalue weighted by molar-refractivity contribution is 0.589. The zero-order valence-corrected chi connectivity index (χ0v) is 17.5. The van der Waals surface area contributed by atoms with Crippen LogP contribution in [-0.2, 0) is 6.54 Å². The number of hydrogen-bond acceptors (Lipinski definition) is 6. The van der Waals surface area contributed by atoms with Gasteiger partial charge in [0.1, 0.15) is 5.82 Å². The van der Waals surface area contributed by atoms with Crippen molar-refractivity contribution in [3.63, 3.8) is 0 Å². The molecule has 3 aromatic rings. The van der Waals surface area contributed by atoms with E-state index in [1.165, 1.54) is 11.8 Å². The fourth-order valence-corrected chi connectivity index (χ4v) is 3.59. The summed E-state index contributed by atoms with van der Waals surface area (Å²) in [5.74, 6) is 0.877. The van der Waals surface area contributed by atoms with E-state index in [9.17, 15) is 4.39 Å². The Kier molecular flexibility index (Phi) is 6.30. The summed E-state index contributed by atoms with van der Waals surface area (Å²) >= 11 is 5.83. The van der Waals surface area contributed by atoms with E-state index in [1.807, 2.05) is 12.1 Å². The minimum atomic E-state index is -0.348. The van der Waals surface area contributed by atoms with Gasteiger partial charge in [-0.05, 0) is 36.4 Å². The molecule has 0 spiro atoms. The van der Waals surface area contributed by atoms with Gasteiger partial charge in [-0.2, -0.15) is 0 Å². The van der Waals surface area contributed by atoms with E-state index in [0.717, 1.165) is 37.4 Å². The number of hydrogen-bond donors (Lipinski definition) is 3. The number of aromatic nitrogens is 2. The largest absolute Gasteiger partial charge is 0.384 e. The Morgan fingerprint density at radius 1 is 1.13 bits per heavy atom. The van der Waals surface area contributed by atoms with E-state index in [4.69, 9.17) is 11.6 Å². The lowest BCUT2D eigenvalue weighted by atomic mass is 10.1. The molecule has 3 N–H and O–H groups in total. The maximum absolute atomic E-state index is 14.1. The molecular formula is C22H24ClFN6. The van der Waals surface area contributed by atoms with Gasteiger partial charge < -0.3 is 20.9 Å². The summed E-state index contributed by atoms with van der Waals surface area (Å²) < 4.78 is 14.1. The van der Waals surface area contributed by atoms with Crippen molar-refractivity contribution in [3.8, 4) is 11.4 Å². The standard InChI is InChI=1S/C22H24ClFN6/c1-25-20-14-28-21(15-3-6-18(7-4-15)30-10-8-26-9-11-30)29-22(20)27-13-16-2-5-17(23)12-19(16)24/h2-7,12,14,25-26H,8-11,13H2,1H3,(H,27,28,29). The third-order valence-corrected chi connectivity index (χ3v) is 5.36. The van der Waals surface area contributed by atoms with Gasteiger partial charge in [-0.1, -0.05) is 17.7 Å². The molecule has 4 rings (SSSR count). The number of nitrogens with zero attached hydrogens (tertiary/aromatic N) is 3. The van der Waals surface area contributed by atoms with Crippen molar-refractivity contribution >= 4 is 28.8 Å². The Bertz CT molecular complexity index is 1010. The maximum Gasteiger partial charge on any atom is 0.161 e. The number of nitrogens with one attached hydrogen (secondary N) is 3. The molecule has 0 saturated carbocycles. The first-order chi connectivity index (χ1) is 14.6. The smallest absolute Gasteiger partial charge is 0.161 e. The number of rotatable bonds is 6. The van der Waals surface area contributed by atoms with Crippen molar-refractivity contribution in [2.45, 2.75) is 6.54 Å². The molecule has 2 aromatic carbocycles. The molecule has 156 valence electrons. The molecule has 1 fully saturated rings. The molecule has 0 amide bonds. The maximum atomic E-state index is 14.1. The topological polar surface area (TPSA) is 65.1 Å². The van der Waals surface area contributed by atoms with Crippen LogP contribution in [0.1, 0.15) is 5.56 Å². The fraction of sp³-hybridized carbons (Fsp3) is 0.273. The van der Waals surface area contributed by atoms with Gasteiger partial charge in [0.05, 0.1) is 11.9 Å².